The zero-order valence-corrected chi connectivity index (χ0v) is 47.7. The summed E-state index contributed by atoms with van der Waals surface area (Å²) in [7, 11) is 0. The standard InChI is InChI=1S/C55H80ClN11O13S/c1-31(51(76)64-38(50(57)75)15-7-9-21-59-45(70)18-6-5-17-44-49-35(30-81-44)27-46(71)66-49)24-42(68)32(2)62-52(77)33(12-11-22-60-55(58)80)26-43(69)40(25-34-29-61-37-14-4-3-13-36(34)37)65-53(78)41-16-8-10-23-67(41)54(79)39(19-20-48(73)74)63-47(72)28-56/h3-4,13-14,29,31-33,35,38-41,44,49,61H,5-12,15-28,30H2,1-2H3,(H2,57,75)(H,59,70)(H,62,77)(H,63,72)(H,64,76)(H,65,78)(H,66,71)(H,73,74)(H3,58,60,80)/t31-,32+,33-,35-,38+,39-,40+,41+,44-,49-/m1/s1. The van der Waals surface area contributed by atoms with Gasteiger partial charge in [0.05, 0.1) is 12.1 Å². The highest BCUT2D eigenvalue weighted by atomic mass is 35.5. The normalized spacial score (nSPS) is 19.8. The molecule has 3 saturated heterocycles. The number of alkyl halides is 1. The van der Waals surface area contributed by atoms with Crippen molar-refractivity contribution in [2.24, 2.45) is 29.2 Å². The number of piperidine rings is 1. The number of amides is 10. The van der Waals surface area contributed by atoms with Crippen LogP contribution in [-0.4, -0.2) is 159 Å². The van der Waals surface area contributed by atoms with Crippen molar-refractivity contribution in [3.8, 4) is 0 Å². The smallest absolute Gasteiger partial charge is 0.312 e. The number of unbranched alkanes of at least 4 members (excludes halogenated alkanes) is 2. The van der Waals surface area contributed by atoms with Crippen molar-refractivity contribution in [2.45, 2.75) is 171 Å². The van der Waals surface area contributed by atoms with Crippen molar-refractivity contribution >= 4 is 105 Å². The molecular formula is C55H80ClN11O13S. The van der Waals surface area contributed by atoms with Gasteiger partial charge in [0.15, 0.2) is 11.6 Å². The van der Waals surface area contributed by atoms with Crippen LogP contribution in [0.3, 0.4) is 0 Å². The molecule has 0 spiro atoms. The number of nitrogens with zero attached hydrogens (tertiary/aromatic N) is 1. The number of rotatable bonds is 35. The minimum absolute atomic E-state index is 0.0208. The number of para-hydroxylation sites is 1. The molecule has 0 bridgehead atoms. The SMILES string of the molecule is C[C@H](CC(=O)[C@H](C)NC(=O)[C@H](CCCNC(N)=O)CC(=O)[C@H](Cc1c[nH]c2ccccc12)NC(=O)[C@@H]1CCCCN1C(=O)[C@@H](CCC(=O)O)NC(=O)CCl)C(=O)N[C@@H](CCCCNC(=O)CCCC[C@H]1SC[C@H]2CC(=O)N[C@H]21)C(N)=O. The fraction of sp³-hybridized carbons (Fsp3) is 0.636. The Bertz CT molecular complexity index is 2590. The van der Waals surface area contributed by atoms with Gasteiger partial charge in [-0.25, -0.2) is 4.79 Å². The van der Waals surface area contributed by atoms with Gasteiger partial charge in [0.2, 0.25) is 47.3 Å². The van der Waals surface area contributed by atoms with Crippen molar-refractivity contribution in [3.05, 3.63) is 36.0 Å². The molecule has 4 heterocycles. The lowest BCUT2D eigenvalue weighted by molar-refractivity contribution is -0.146. The van der Waals surface area contributed by atoms with Crippen LogP contribution in [-0.2, 0) is 59.2 Å². The molecule has 3 aliphatic heterocycles. The highest BCUT2D eigenvalue weighted by Crippen LogP contribution is 2.39. The van der Waals surface area contributed by atoms with E-state index in [2.05, 4.69) is 42.2 Å². The van der Waals surface area contributed by atoms with Crippen molar-refractivity contribution in [2.75, 3.05) is 31.3 Å². The van der Waals surface area contributed by atoms with E-state index in [1.54, 1.807) is 12.3 Å². The van der Waals surface area contributed by atoms with Gasteiger partial charge in [-0.05, 0) is 101 Å². The zero-order valence-electron chi connectivity index (χ0n) is 46.2. The number of carbonyl (C=O) groups is 12. The lowest BCUT2D eigenvalue weighted by Gasteiger charge is -2.37. The third kappa shape index (κ3) is 20.6. The van der Waals surface area contributed by atoms with E-state index in [0.717, 1.165) is 35.9 Å². The molecule has 81 heavy (non-hydrogen) atoms. The Morgan fingerprint density at radius 1 is 0.790 bits per heavy atom. The fourth-order valence-electron chi connectivity index (χ4n) is 10.6. The zero-order chi connectivity index (χ0) is 59.2. The topological polar surface area (TPSA) is 380 Å². The Labute approximate surface area is 480 Å². The van der Waals surface area contributed by atoms with Gasteiger partial charge in [-0.15, -0.1) is 11.6 Å². The number of nitrogens with two attached hydrogens (primary N) is 2. The molecular weight excluding hydrogens is 1090 g/mol. The Morgan fingerprint density at radius 3 is 2.27 bits per heavy atom. The van der Waals surface area contributed by atoms with Crippen LogP contribution >= 0.6 is 23.4 Å². The number of ketones is 2. The number of urea groups is 1. The van der Waals surface area contributed by atoms with Crippen LogP contribution in [0.15, 0.2) is 30.5 Å². The molecule has 2 aromatic rings. The quantitative estimate of drug-likeness (QED) is 0.0346. The Hall–Kier alpha value is -6.76. The van der Waals surface area contributed by atoms with Gasteiger partial charge in [0, 0.05) is 98.4 Å². The van der Waals surface area contributed by atoms with Crippen molar-refractivity contribution < 1.29 is 62.6 Å². The molecule has 10 atom stereocenters. The number of aromatic nitrogens is 1. The number of benzene rings is 1. The molecule has 0 saturated carbocycles. The number of Topliss-reactive ketones (excluding diaryl/α,β-unsaturated/α-hetero) is 2. The molecule has 0 aliphatic carbocycles. The largest absolute Gasteiger partial charge is 0.481 e. The second-order valence-corrected chi connectivity index (χ2v) is 23.0. The molecule has 0 radical (unpaired) electrons. The summed E-state index contributed by atoms with van der Waals surface area (Å²) in [5.41, 5.74) is 12.3. The van der Waals surface area contributed by atoms with E-state index < -0.39 is 120 Å². The number of nitrogens with one attached hydrogen (secondary N) is 8. The third-order valence-electron chi connectivity index (χ3n) is 15.2. The van der Waals surface area contributed by atoms with E-state index in [1.165, 1.54) is 18.7 Å². The number of hydrogen-bond donors (Lipinski definition) is 11. The predicted molar refractivity (Wildman–Crippen MR) is 302 cm³/mol. The third-order valence-corrected chi connectivity index (χ3v) is 17.0. The number of hydrogen-bond acceptors (Lipinski definition) is 13. The highest BCUT2D eigenvalue weighted by Gasteiger charge is 2.43. The number of thioether (sulfide) groups is 1. The van der Waals surface area contributed by atoms with Crippen molar-refractivity contribution in [3.63, 3.8) is 0 Å². The van der Waals surface area contributed by atoms with Gasteiger partial charge < -0.3 is 63.7 Å². The van der Waals surface area contributed by atoms with E-state index in [1.807, 2.05) is 30.0 Å². The molecule has 5 rings (SSSR count). The summed E-state index contributed by atoms with van der Waals surface area (Å²) in [6.07, 6.45) is 6.22. The van der Waals surface area contributed by atoms with Gasteiger partial charge in [-0.3, -0.25) is 52.7 Å². The number of halogens is 1. The van der Waals surface area contributed by atoms with Gasteiger partial charge in [-0.1, -0.05) is 31.5 Å². The average molecular weight is 1170 g/mol. The molecule has 10 amide bonds. The van der Waals surface area contributed by atoms with Crippen LogP contribution in [0.2, 0.25) is 0 Å². The van der Waals surface area contributed by atoms with Gasteiger partial charge >= 0.3 is 12.0 Å². The maximum absolute atomic E-state index is 14.7. The van der Waals surface area contributed by atoms with Crippen LogP contribution in [0.1, 0.15) is 129 Å². The molecule has 446 valence electrons. The number of primary amides is 2. The second-order valence-electron chi connectivity index (χ2n) is 21.4. The molecule has 1 aromatic carbocycles. The number of H-pyrrole nitrogens is 1. The number of carboxylic acids is 1. The Morgan fingerprint density at radius 2 is 1.54 bits per heavy atom. The number of carboxylic acid groups (broad SMARTS) is 1. The highest BCUT2D eigenvalue weighted by molar-refractivity contribution is 8.00. The van der Waals surface area contributed by atoms with E-state index in [-0.39, 0.29) is 75.9 Å². The van der Waals surface area contributed by atoms with Crippen LogP contribution in [0, 0.1) is 17.8 Å². The molecule has 24 nitrogen and oxygen atoms in total. The van der Waals surface area contributed by atoms with Crippen molar-refractivity contribution in [1.82, 2.24) is 47.1 Å². The molecule has 26 heteroatoms. The summed E-state index contributed by atoms with van der Waals surface area (Å²) < 4.78 is 0. The second kappa shape index (κ2) is 32.6. The first-order valence-electron chi connectivity index (χ1n) is 28.0. The molecule has 13 N–H and O–H groups in total. The first kappa shape index (κ1) is 65.1. The average Bonchev–Trinajstić information content (AvgIpc) is 4.15. The molecule has 3 aliphatic rings. The minimum atomic E-state index is -1.30. The molecule has 3 fully saturated rings. The van der Waals surface area contributed by atoms with Gasteiger partial charge in [0.1, 0.15) is 24.0 Å². The lowest BCUT2D eigenvalue weighted by atomic mass is 9.90. The van der Waals surface area contributed by atoms with E-state index in [0.29, 0.717) is 61.8 Å². The summed E-state index contributed by atoms with van der Waals surface area (Å²) >= 11 is 7.59. The van der Waals surface area contributed by atoms with Crippen LogP contribution in [0.5, 0.6) is 0 Å². The van der Waals surface area contributed by atoms with E-state index in [4.69, 9.17) is 23.1 Å². The summed E-state index contributed by atoms with van der Waals surface area (Å²) in [5, 5.41) is 29.5. The van der Waals surface area contributed by atoms with E-state index in [9.17, 15) is 62.6 Å². The minimum Gasteiger partial charge on any atom is -0.481 e. The number of aromatic amines is 1. The Kier molecular flexibility index (Phi) is 26.2. The van der Waals surface area contributed by atoms with Crippen LogP contribution in [0.25, 0.3) is 10.9 Å². The molecule has 0 unspecified atom stereocenters. The number of likely N-dealkylation sites (tertiary alicyclic amines) is 1. The lowest BCUT2D eigenvalue weighted by Crippen LogP contribution is -2.59. The predicted octanol–water partition coefficient (Wildman–Crippen LogP) is 1.73. The number of aliphatic carboxylic acids is 1. The van der Waals surface area contributed by atoms with Crippen LogP contribution < -0.4 is 48.7 Å². The van der Waals surface area contributed by atoms with Gasteiger partial charge in [-0.2, -0.15) is 11.8 Å². The van der Waals surface area contributed by atoms with Crippen molar-refractivity contribution in [1.29, 1.82) is 0 Å². The van der Waals surface area contributed by atoms with E-state index >= 15 is 0 Å². The summed E-state index contributed by atoms with van der Waals surface area (Å²) in [5.74, 6) is -7.63. The molecule has 1 aromatic heterocycles. The number of carbonyl (C=O) groups excluding carboxylic acids is 11. The Balaban J connectivity index is 1.17. The maximum Gasteiger partial charge on any atom is 0.312 e. The first-order valence-corrected chi connectivity index (χ1v) is 29.6. The monoisotopic (exact) mass is 1170 g/mol. The van der Waals surface area contributed by atoms with Crippen LogP contribution in [0.4, 0.5) is 4.79 Å². The fourth-order valence-corrected chi connectivity index (χ4v) is 12.4. The summed E-state index contributed by atoms with van der Waals surface area (Å²) in [6, 6.07) is 0.825. The maximum atomic E-state index is 14.7. The summed E-state index contributed by atoms with van der Waals surface area (Å²) in [6.45, 7) is 3.43. The van der Waals surface area contributed by atoms with Gasteiger partial charge in [0.25, 0.3) is 0 Å². The number of fused-ring (bicyclic) bond motifs is 2. The summed E-state index contributed by atoms with van der Waals surface area (Å²) in [4.78, 5) is 160. The first-order chi connectivity index (χ1) is 38.6.